The smallest absolute Gasteiger partial charge is 0.337 e. The predicted octanol–water partition coefficient (Wildman–Crippen LogP) is 1.94. The van der Waals surface area contributed by atoms with Crippen LogP contribution < -0.4 is 9.80 Å². The minimum Gasteiger partial charge on any atom is -0.465 e. The number of fused-ring (bicyclic) bond motifs is 1. The van der Waals surface area contributed by atoms with E-state index in [9.17, 15) is 4.79 Å². The lowest BCUT2D eigenvalue weighted by Gasteiger charge is -2.29. The topological polar surface area (TPSA) is 42.0 Å². The van der Waals surface area contributed by atoms with E-state index >= 15 is 0 Å². The molecule has 1 aromatic rings. The van der Waals surface area contributed by atoms with Gasteiger partial charge in [-0.15, -0.1) is 11.6 Å². The average Bonchev–Trinajstić information content (AvgIpc) is 2.75. The van der Waals surface area contributed by atoms with E-state index in [1.807, 2.05) is 19.2 Å². The lowest BCUT2D eigenvalue weighted by molar-refractivity contribution is 0.0601. The van der Waals surface area contributed by atoms with Crippen LogP contribution in [0.1, 0.15) is 10.4 Å². The van der Waals surface area contributed by atoms with Gasteiger partial charge in [-0.05, 0) is 18.2 Å². The number of esters is 1. The lowest BCUT2D eigenvalue weighted by atomic mass is 10.1. The first-order chi connectivity index (χ1) is 9.63. The Balaban J connectivity index is 2.37. The van der Waals surface area contributed by atoms with Gasteiger partial charge < -0.3 is 19.3 Å². The summed E-state index contributed by atoms with van der Waals surface area (Å²) in [5.41, 5.74) is 2.58. The summed E-state index contributed by atoms with van der Waals surface area (Å²) < 4.78 is 9.92. The molecule has 0 aliphatic carbocycles. The van der Waals surface area contributed by atoms with Gasteiger partial charge in [0.25, 0.3) is 0 Å². The van der Waals surface area contributed by atoms with Crippen LogP contribution in [0.25, 0.3) is 0 Å². The van der Waals surface area contributed by atoms with Crippen molar-refractivity contribution in [1.29, 1.82) is 0 Å². The Hall–Kier alpha value is -1.46. The zero-order chi connectivity index (χ0) is 14.7. The van der Waals surface area contributed by atoms with Gasteiger partial charge in [-0.25, -0.2) is 4.79 Å². The minimum atomic E-state index is -0.337. The van der Waals surface area contributed by atoms with Crippen LogP contribution in [0.5, 0.6) is 0 Å². The first-order valence-electron chi connectivity index (χ1n) is 6.40. The van der Waals surface area contributed by atoms with E-state index in [0.29, 0.717) is 18.1 Å². The quantitative estimate of drug-likeness (QED) is 0.614. The summed E-state index contributed by atoms with van der Waals surface area (Å²) in [6.45, 7) is 1.32. The maximum absolute atomic E-state index is 11.7. The molecule has 0 N–H and O–H groups in total. The lowest BCUT2D eigenvalue weighted by Crippen LogP contribution is -2.44. The first kappa shape index (κ1) is 14.9. The van der Waals surface area contributed by atoms with Gasteiger partial charge in [-0.3, -0.25) is 0 Å². The highest BCUT2D eigenvalue weighted by molar-refractivity contribution is 6.18. The SMILES string of the molecule is COCCN1c2cc(C(=O)OC)ccc2N(C)C1CCl. The molecule has 6 heteroatoms. The zero-order valence-electron chi connectivity index (χ0n) is 11.9. The first-order valence-corrected chi connectivity index (χ1v) is 6.94. The summed E-state index contributed by atoms with van der Waals surface area (Å²) in [6.07, 6.45) is 0.0645. The fourth-order valence-electron chi connectivity index (χ4n) is 2.47. The van der Waals surface area contributed by atoms with Crippen molar-refractivity contribution in [2.24, 2.45) is 0 Å². The van der Waals surface area contributed by atoms with Crippen LogP contribution in [0.4, 0.5) is 11.4 Å². The van der Waals surface area contributed by atoms with Gasteiger partial charge in [0.15, 0.2) is 0 Å². The maximum atomic E-state index is 11.7. The normalized spacial score (nSPS) is 17.3. The molecule has 1 aromatic carbocycles. The van der Waals surface area contributed by atoms with Gasteiger partial charge in [-0.1, -0.05) is 0 Å². The van der Waals surface area contributed by atoms with Crippen molar-refractivity contribution in [3.8, 4) is 0 Å². The molecule has 1 aliphatic rings. The number of methoxy groups -OCH3 is 2. The van der Waals surface area contributed by atoms with Crippen LogP contribution in [0.15, 0.2) is 18.2 Å². The maximum Gasteiger partial charge on any atom is 0.337 e. The Labute approximate surface area is 124 Å². The number of ether oxygens (including phenoxy) is 2. The summed E-state index contributed by atoms with van der Waals surface area (Å²) in [4.78, 5) is 15.9. The third kappa shape index (κ3) is 2.55. The number of rotatable bonds is 5. The van der Waals surface area contributed by atoms with Crippen molar-refractivity contribution in [2.45, 2.75) is 6.17 Å². The summed E-state index contributed by atoms with van der Waals surface area (Å²) in [7, 11) is 5.05. The molecule has 1 aliphatic heterocycles. The second-order valence-electron chi connectivity index (χ2n) is 4.63. The molecule has 0 radical (unpaired) electrons. The Morgan fingerprint density at radius 3 is 2.70 bits per heavy atom. The zero-order valence-corrected chi connectivity index (χ0v) is 12.7. The number of nitrogens with zero attached hydrogens (tertiary/aromatic N) is 2. The molecule has 1 atom stereocenters. The van der Waals surface area contributed by atoms with Crippen LogP contribution in [-0.2, 0) is 9.47 Å². The van der Waals surface area contributed by atoms with Crippen molar-refractivity contribution in [3.63, 3.8) is 0 Å². The highest BCUT2D eigenvalue weighted by Gasteiger charge is 2.33. The van der Waals surface area contributed by atoms with Crippen LogP contribution >= 0.6 is 11.6 Å². The number of alkyl halides is 1. The van der Waals surface area contributed by atoms with Crippen LogP contribution in [-0.4, -0.2) is 52.4 Å². The fourth-order valence-corrected chi connectivity index (χ4v) is 2.85. The molecule has 0 saturated heterocycles. The molecule has 1 unspecified atom stereocenters. The monoisotopic (exact) mass is 298 g/mol. The molecular formula is C14H19ClN2O3. The number of carbonyl (C=O) groups is 1. The summed E-state index contributed by atoms with van der Waals surface area (Å²) >= 11 is 6.08. The van der Waals surface area contributed by atoms with Crippen molar-refractivity contribution in [2.75, 3.05) is 50.1 Å². The fraction of sp³-hybridized carbons (Fsp3) is 0.500. The molecule has 2 rings (SSSR count). The highest BCUT2D eigenvalue weighted by Crippen LogP contribution is 2.39. The van der Waals surface area contributed by atoms with E-state index in [-0.39, 0.29) is 12.1 Å². The molecule has 110 valence electrons. The largest absolute Gasteiger partial charge is 0.465 e. The van der Waals surface area contributed by atoms with Gasteiger partial charge in [0, 0.05) is 20.7 Å². The second-order valence-corrected chi connectivity index (χ2v) is 4.94. The van der Waals surface area contributed by atoms with E-state index in [1.54, 1.807) is 13.2 Å². The van der Waals surface area contributed by atoms with E-state index < -0.39 is 0 Å². The standard InChI is InChI=1S/C14H19ClN2O3/c1-16-11-5-4-10(14(18)20-3)8-12(11)17(6-7-19-2)13(16)9-15/h4-5,8,13H,6-7,9H2,1-3H3. The number of carbonyl (C=O) groups excluding carboxylic acids is 1. The number of benzene rings is 1. The van der Waals surface area contributed by atoms with Crippen molar-refractivity contribution in [1.82, 2.24) is 0 Å². The van der Waals surface area contributed by atoms with E-state index in [2.05, 4.69) is 9.80 Å². The predicted molar refractivity (Wildman–Crippen MR) is 79.9 cm³/mol. The summed E-state index contributed by atoms with van der Waals surface area (Å²) in [6, 6.07) is 5.54. The third-order valence-corrected chi connectivity index (χ3v) is 3.84. The van der Waals surface area contributed by atoms with Gasteiger partial charge in [0.2, 0.25) is 0 Å². The molecule has 0 aromatic heterocycles. The van der Waals surface area contributed by atoms with E-state index in [4.69, 9.17) is 21.1 Å². The van der Waals surface area contributed by atoms with Crippen molar-refractivity contribution >= 4 is 28.9 Å². The third-order valence-electron chi connectivity index (χ3n) is 3.57. The number of hydrogen-bond acceptors (Lipinski definition) is 5. The van der Waals surface area contributed by atoms with E-state index in [0.717, 1.165) is 17.9 Å². The molecule has 20 heavy (non-hydrogen) atoms. The van der Waals surface area contributed by atoms with Gasteiger partial charge in [0.1, 0.15) is 6.17 Å². The Morgan fingerprint density at radius 2 is 2.10 bits per heavy atom. The van der Waals surface area contributed by atoms with Crippen LogP contribution in [0.2, 0.25) is 0 Å². The molecule has 1 heterocycles. The number of anilines is 2. The van der Waals surface area contributed by atoms with Gasteiger partial charge >= 0.3 is 5.97 Å². The number of hydrogen-bond donors (Lipinski definition) is 0. The van der Waals surface area contributed by atoms with Crippen LogP contribution in [0, 0.1) is 0 Å². The molecule has 5 nitrogen and oxygen atoms in total. The van der Waals surface area contributed by atoms with Gasteiger partial charge in [-0.2, -0.15) is 0 Å². The molecule has 0 fully saturated rings. The Kier molecular flexibility index (Phi) is 4.73. The number of halogens is 1. The minimum absolute atomic E-state index is 0.0645. The van der Waals surface area contributed by atoms with E-state index in [1.165, 1.54) is 7.11 Å². The average molecular weight is 299 g/mol. The molecular weight excluding hydrogens is 280 g/mol. The summed E-state index contributed by atoms with van der Waals surface area (Å²) in [5, 5.41) is 0. The molecule has 0 amide bonds. The highest BCUT2D eigenvalue weighted by atomic mass is 35.5. The second kappa shape index (κ2) is 6.33. The van der Waals surface area contributed by atoms with Gasteiger partial charge in [0.05, 0.1) is 36.5 Å². The molecule has 0 spiro atoms. The summed E-state index contributed by atoms with van der Waals surface area (Å²) in [5.74, 6) is 0.138. The molecule has 0 bridgehead atoms. The van der Waals surface area contributed by atoms with Crippen molar-refractivity contribution in [3.05, 3.63) is 23.8 Å². The van der Waals surface area contributed by atoms with Crippen LogP contribution in [0.3, 0.4) is 0 Å². The Morgan fingerprint density at radius 1 is 1.35 bits per heavy atom. The molecule has 0 saturated carbocycles. The Bertz CT molecular complexity index is 495. The van der Waals surface area contributed by atoms with Crippen molar-refractivity contribution < 1.29 is 14.3 Å².